The number of hydrogen-bond donors (Lipinski definition) is 1. The lowest BCUT2D eigenvalue weighted by molar-refractivity contribution is -0.126. The monoisotopic (exact) mass is 358 g/mol. The Kier molecular flexibility index (Phi) is 4.95. The highest BCUT2D eigenvalue weighted by molar-refractivity contribution is 5.84. The summed E-state index contributed by atoms with van der Waals surface area (Å²) in [5, 5.41) is 5.63. The van der Waals surface area contributed by atoms with Crippen molar-refractivity contribution < 1.29 is 4.79 Å². The molecule has 138 valence electrons. The maximum Gasteiger partial charge on any atom is 0.237 e. The van der Waals surface area contributed by atoms with E-state index in [1.807, 2.05) is 19.1 Å². The molecular formula is C24H26N2O. The molecule has 0 spiro atoms. The number of benzene rings is 3. The molecule has 4 rings (SSSR count). The standard InChI is InChI=1S/C24H26N2O/c1-17(21-12-11-19-7-3-5-9-22(19)15-21)25-24(27)18(2)26-14-13-20-8-4-6-10-23(20)16-26/h3-12,15,17-18H,13-14,16H2,1-2H3,(H,25,27). The van der Waals surface area contributed by atoms with Gasteiger partial charge in [-0.2, -0.15) is 0 Å². The normalized spacial score (nSPS) is 16.5. The third-order valence-corrected chi connectivity index (χ3v) is 5.72. The van der Waals surface area contributed by atoms with Crippen molar-refractivity contribution in [2.24, 2.45) is 0 Å². The van der Waals surface area contributed by atoms with Gasteiger partial charge in [0.25, 0.3) is 0 Å². The van der Waals surface area contributed by atoms with Crippen LogP contribution < -0.4 is 5.32 Å². The lowest BCUT2D eigenvalue weighted by Gasteiger charge is -2.33. The van der Waals surface area contributed by atoms with Crippen molar-refractivity contribution in [3.63, 3.8) is 0 Å². The third-order valence-electron chi connectivity index (χ3n) is 5.72. The van der Waals surface area contributed by atoms with Crippen LogP contribution in [0.5, 0.6) is 0 Å². The van der Waals surface area contributed by atoms with Crippen molar-refractivity contribution in [2.45, 2.75) is 38.9 Å². The zero-order valence-electron chi connectivity index (χ0n) is 16.0. The zero-order valence-corrected chi connectivity index (χ0v) is 16.0. The maximum atomic E-state index is 12.8. The quantitative estimate of drug-likeness (QED) is 0.747. The first-order chi connectivity index (χ1) is 13.1. The molecule has 2 atom stereocenters. The predicted molar refractivity (Wildman–Crippen MR) is 111 cm³/mol. The van der Waals surface area contributed by atoms with Crippen LogP contribution in [-0.2, 0) is 17.8 Å². The van der Waals surface area contributed by atoms with Gasteiger partial charge in [0, 0.05) is 13.1 Å². The van der Waals surface area contributed by atoms with E-state index in [1.54, 1.807) is 0 Å². The van der Waals surface area contributed by atoms with Gasteiger partial charge in [-0.15, -0.1) is 0 Å². The van der Waals surface area contributed by atoms with E-state index in [2.05, 4.69) is 71.7 Å². The largest absolute Gasteiger partial charge is 0.348 e. The van der Waals surface area contributed by atoms with E-state index in [-0.39, 0.29) is 18.0 Å². The van der Waals surface area contributed by atoms with Gasteiger partial charge in [-0.25, -0.2) is 0 Å². The molecule has 1 aliphatic rings. The van der Waals surface area contributed by atoms with Crippen LogP contribution >= 0.6 is 0 Å². The summed E-state index contributed by atoms with van der Waals surface area (Å²) in [6, 6.07) is 23.1. The fourth-order valence-electron chi connectivity index (χ4n) is 3.91. The fourth-order valence-corrected chi connectivity index (χ4v) is 3.91. The molecule has 0 saturated heterocycles. The van der Waals surface area contributed by atoms with E-state index in [0.717, 1.165) is 25.1 Å². The van der Waals surface area contributed by atoms with Crippen molar-refractivity contribution >= 4 is 16.7 Å². The second kappa shape index (κ2) is 7.53. The van der Waals surface area contributed by atoms with Gasteiger partial charge in [-0.1, -0.05) is 60.7 Å². The van der Waals surface area contributed by atoms with E-state index < -0.39 is 0 Å². The molecule has 3 aromatic rings. The highest BCUT2D eigenvalue weighted by Gasteiger charge is 2.26. The Morgan fingerprint density at radius 2 is 1.63 bits per heavy atom. The number of nitrogens with one attached hydrogen (secondary N) is 1. The number of nitrogens with zero attached hydrogens (tertiary/aromatic N) is 1. The Balaban J connectivity index is 1.43. The minimum Gasteiger partial charge on any atom is -0.348 e. The number of carbonyl (C=O) groups is 1. The fraction of sp³-hybridized carbons (Fsp3) is 0.292. The summed E-state index contributed by atoms with van der Waals surface area (Å²) in [4.78, 5) is 15.1. The van der Waals surface area contributed by atoms with Crippen LogP contribution in [-0.4, -0.2) is 23.4 Å². The van der Waals surface area contributed by atoms with Gasteiger partial charge in [0.15, 0.2) is 0 Å². The molecule has 27 heavy (non-hydrogen) atoms. The van der Waals surface area contributed by atoms with Crippen molar-refractivity contribution in [1.29, 1.82) is 0 Å². The van der Waals surface area contributed by atoms with E-state index >= 15 is 0 Å². The summed E-state index contributed by atoms with van der Waals surface area (Å²) in [6.45, 7) is 5.84. The van der Waals surface area contributed by atoms with Crippen molar-refractivity contribution in [1.82, 2.24) is 10.2 Å². The smallest absolute Gasteiger partial charge is 0.237 e. The van der Waals surface area contributed by atoms with E-state index in [4.69, 9.17) is 0 Å². The Labute approximate surface area is 161 Å². The Morgan fingerprint density at radius 3 is 2.44 bits per heavy atom. The summed E-state index contributed by atoms with van der Waals surface area (Å²) >= 11 is 0. The summed E-state index contributed by atoms with van der Waals surface area (Å²) in [5.74, 6) is 0.0926. The van der Waals surface area contributed by atoms with Gasteiger partial charge in [0.05, 0.1) is 12.1 Å². The number of carbonyl (C=O) groups excluding carboxylic acids is 1. The Morgan fingerprint density at radius 1 is 0.926 bits per heavy atom. The second-order valence-electron chi connectivity index (χ2n) is 7.50. The van der Waals surface area contributed by atoms with Crippen LogP contribution in [0.4, 0.5) is 0 Å². The van der Waals surface area contributed by atoms with E-state index in [9.17, 15) is 4.79 Å². The molecule has 0 fully saturated rings. The summed E-state index contributed by atoms with van der Waals surface area (Å²) in [6.07, 6.45) is 1.01. The highest BCUT2D eigenvalue weighted by atomic mass is 16.2. The van der Waals surface area contributed by atoms with E-state index in [1.165, 1.54) is 21.9 Å². The first kappa shape index (κ1) is 17.7. The molecule has 0 bridgehead atoms. The number of amides is 1. The molecule has 0 saturated carbocycles. The molecule has 1 heterocycles. The van der Waals surface area contributed by atoms with Gasteiger partial charge in [0.2, 0.25) is 5.91 Å². The van der Waals surface area contributed by atoms with Crippen LogP contribution in [0.1, 0.15) is 36.6 Å². The molecule has 1 N–H and O–H groups in total. The number of fused-ring (bicyclic) bond motifs is 2. The molecule has 3 heteroatoms. The van der Waals surface area contributed by atoms with Crippen molar-refractivity contribution in [2.75, 3.05) is 6.54 Å². The van der Waals surface area contributed by atoms with Crippen molar-refractivity contribution in [3.8, 4) is 0 Å². The molecular weight excluding hydrogens is 332 g/mol. The van der Waals surface area contributed by atoms with Crippen molar-refractivity contribution in [3.05, 3.63) is 83.4 Å². The summed E-state index contributed by atoms with van der Waals surface area (Å²) < 4.78 is 0. The van der Waals surface area contributed by atoms with Crippen LogP contribution in [0.25, 0.3) is 10.8 Å². The van der Waals surface area contributed by atoms with Crippen LogP contribution in [0, 0.1) is 0 Å². The first-order valence-electron chi connectivity index (χ1n) is 9.72. The minimum absolute atomic E-state index is 0.0124. The number of rotatable bonds is 4. The molecule has 2 unspecified atom stereocenters. The molecule has 1 aliphatic heterocycles. The lowest BCUT2D eigenvalue weighted by atomic mass is 9.98. The SMILES string of the molecule is CC(NC(=O)C(C)N1CCc2ccccc2C1)c1ccc2ccccc2c1. The highest BCUT2D eigenvalue weighted by Crippen LogP contribution is 2.22. The first-order valence-corrected chi connectivity index (χ1v) is 9.72. The molecule has 0 radical (unpaired) electrons. The van der Waals surface area contributed by atoms with E-state index in [0.29, 0.717) is 0 Å². The maximum absolute atomic E-state index is 12.8. The summed E-state index contributed by atoms with van der Waals surface area (Å²) in [5.41, 5.74) is 3.88. The predicted octanol–water partition coefficient (Wildman–Crippen LogP) is 4.46. The van der Waals surface area contributed by atoms with Gasteiger partial charge in [-0.3, -0.25) is 9.69 Å². The summed E-state index contributed by atoms with van der Waals surface area (Å²) in [7, 11) is 0. The molecule has 0 aliphatic carbocycles. The minimum atomic E-state index is -0.138. The Hall–Kier alpha value is -2.65. The molecule has 0 aromatic heterocycles. The average Bonchev–Trinajstić information content (AvgIpc) is 2.72. The van der Waals surface area contributed by atoms with Gasteiger partial charge in [0.1, 0.15) is 0 Å². The van der Waals surface area contributed by atoms with Gasteiger partial charge < -0.3 is 5.32 Å². The number of hydrogen-bond acceptors (Lipinski definition) is 2. The molecule has 3 nitrogen and oxygen atoms in total. The molecule has 3 aromatic carbocycles. The third kappa shape index (κ3) is 3.74. The Bertz CT molecular complexity index is 965. The van der Waals surface area contributed by atoms with Crippen LogP contribution in [0.15, 0.2) is 66.7 Å². The average molecular weight is 358 g/mol. The topological polar surface area (TPSA) is 32.3 Å². The van der Waals surface area contributed by atoms with Gasteiger partial charge in [-0.05, 0) is 53.8 Å². The van der Waals surface area contributed by atoms with Gasteiger partial charge >= 0.3 is 0 Å². The second-order valence-corrected chi connectivity index (χ2v) is 7.50. The molecule has 1 amide bonds. The van der Waals surface area contributed by atoms with Crippen LogP contribution in [0.2, 0.25) is 0 Å². The zero-order chi connectivity index (χ0) is 18.8. The lowest BCUT2D eigenvalue weighted by Crippen LogP contribution is -2.47. The van der Waals surface area contributed by atoms with Crippen LogP contribution in [0.3, 0.4) is 0 Å².